The zero-order valence-corrected chi connectivity index (χ0v) is 15.0. The minimum Gasteiger partial charge on any atom is -0.383 e. The highest BCUT2D eigenvalue weighted by Crippen LogP contribution is 2.28. The van der Waals surface area contributed by atoms with Crippen LogP contribution in [0.15, 0.2) is 30.7 Å². The molecule has 1 aliphatic heterocycles. The van der Waals surface area contributed by atoms with Crippen molar-refractivity contribution in [2.24, 2.45) is 0 Å². The van der Waals surface area contributed by atoms with Gasteiger partial charge in [-0.05, 0) is 44.1 Å². The Kier molecular flexibility index (Phi) is 4.99. The summed E-state index contributed by atoms with van der Waals surface area (Å²) in [7, 11) is 1.72. The number of nitrogens with one attached hydrogen (secondary N) is 1. The van der Waals surface area contributed by atoms with Gasteiger partial charge in [0.15, 0.2) is 0 Å². The van der Waals surface area contributed by atoms with Crippen LogP contribution >= 0.6 is 0 Å². The van der Waals surface area contributed by atoms with E-state index >= 15 is 0 Å². The molecule has 1 aromatic carbocycles. The maximum atomic E-state index is 13.4. The number of nitrogens with zero attached hydrogens (tertiary/aromatic N) is 4. The molecule has 1 fully saturated rings. The third-order valence-electron chi connectivity index (χ3n) is 5.16. The monoisotopic (exact) mass is 357 g/mol. The van der Waals surface area contributed by atoms with E-state index in [0.29, 0.717) is 12.5 Å². The molecule has 3 heterocycles. The van der Waals surface area contributed by atoms with Crippen molar-refractivity contribution in [2.75, 3.05) is 26.8 Å². The van der Waals surface area contributed by atoms with E-state index in [0.717, 1.165) is 55.9 Å². The summed E-state index contributed by atoms with van der Waals surface area (Å²) >= 11 is 0. The van der Waals surface area contributed by atoms with Crippen molar-refractivity contribution in [1.82, 2.24) is 24.4 Å². The van der Waals surface area contributed by atoms with Crippen LogP contribution in [0.3, 0.4) is 0 Å². The topological polar surface area (TPSA) is 59.0 Å². The molecule has 0 atom stereocenters. The number of fused-ring (bicyclic) bond motifs is 1. The van der Waals surface area contributed by atoms with Crippen LogP contribution in [0.5, 0.6) is 0 Å². The zero-order chi connectivity index (χ0) is 17.9. The number of hydrogen-bond donors (Lipinski definition) is 1. The van der Waals surface area contributed by atoms with Crippen molar-refractivity contribution in [1.29, 1.82) is 0 Å². The average molecular weight is 357 g/mol. The van der Waals surface area contributed by atoms with E-state index in [4.69, 9.17) is 4.74 Å². The van der Waals surface area contributed by atoms with Crippen LogP contribution in [0.1, 0.15) is 30.3 Å². The van der Waals surface area contributed by atoms with Crippen molar-refractivity contribution >= 4 is 11.0 Å². The molecular weight excluding hydrogens is 333 g/mol. The summed E-state index contributed by atoms with van der Waals surface area (Å²) in [4.78, 5) is 14.7. The number of H-pyrrole nitrogens is 1. The summed E-state index contributed by atoms with van der Waals surface area (Å²) in [5.41, 5.74) is 2.84. The highest BCUT2D eigenvalue weighted by Gasteiger charge is 2.23. The maximum Gasteiger partial charge on any atom is 0.125 e. The molecule has 26 heavy (non-hydrogen) atoms. The van der Waals surface area contributed by atoms with Gasteiger partial charge in [-0.2, -0.15) is 0 Å². The number of rotatable bonds is 6. The van der Waals surface area contributed by atoms with Gasteiger partial charge in [-0.25, -0.2) is 14.4 Å². The summed E-state index contributed by atoms with van der Waals surface area (Å²) in [5, 5.41) is 0. The summed E-state index contributed by atoms with van der Waals surface area (Å²) in [6.45, 7) is 4.47. The molecule has 7 heteroatoms. The van der Waals surface area contributed by atoms with Crippen molar-refractivity contribution in [3.63, 3.8) is 0 Å². The largest absolute Gasteiger partial charge is 0.383 e. The van der Waals surface area contributed by atoms with Crippen LogP contribution in [0.4, 0.5) is 4.39 Å². The standard InChI is InChI=1S/C19H24FN5O/c1-26-9-8-25-13-21-11-16(25)12-24-6-4-14(5-7-24)19-22-17-3-2-15(20)10-18(17)23-19/h2-3,10-11,13-14H,4-9,12H2,1H3,(H,22,23). The first-order valence-corrected chi connectivity index (χ1v) is 9.08. The molecule has 0 bridgehead atoms. The van der Waals surface area contributed by atoms with E-state index in [1.54, 1.807) is 13.2 Å². The van der Waals surface area contributed by atoms with Gasteiger partial charge in [-0.15, -0.1) is 0 Å². The van der Waals surface area contributed by atoms with Gasteiger partial charge < -0.3 is 14.3 Å². The molecule has 1 saturated heterocycles. The van der Waals surface area contributed by atoms with Crippen molar-refractivity contribution < 1.29 is 9.13 Å². The lowest BCUT2D eigenvalue weighted by molar-refractivity contribution is 0.178. The summed E-state index contributed by atoms with van der Waals surface area (Å²) in [6.07, 6.45) is 5.91. The Labute approximate surface area is 152 Å². The molecule has 0 amide bonds. The number of ether oxygens (including phenoxy) is 1. The van der Waals surface area contributed by atoms with Crippen LogP contribution in [-0.4, -0.2) is 51.2 Å². The van der Waals surface area contributed by atoms with Crippen LogP contribution in [0, 0.1) is 5.82 Å². The van der Waals surface area contributed by atoms with Crippen molar-refractivity contribution in [3.05, 3.63) is 48.1 Å². The predicted octanol–water partition coefficient (Wildman–Crippen LogP) is 2.92. The minimum absolute atomic E-state index is 0.229. The van der Waals surface area contributed by atoms with Gasteiger partial charge in [-0.3, -0.25) is 4.90 Å². The van der Waals surface area contributed by atoms with Gasteiger partial charge in [-0.1, -0.05) is 0 Å². The summed E-state index contributed by atoms with van der Waals surface area (Å²) in [5.74, 6) is 1.16. The van der Waals surface area contributed by atoms with E-state index in [2.05, 4.69) is 24.4 Å². The molecule has 0 spiro atoms. The smallest absolute Gasteiger partial charge is 0.125 e. The number of methoxy groups -OCH3 is 1. The first-order valence-electron chi connectivity index (χ1n) is 9.08. The molecule has 2 aromatic heterocycles. The number of imidazole rings is 2. The van der Waals surface area contributed by atoms with Crippen LogP contribution in [-0.2, 0) is 17.8 Å². The fourth-order valence-corrected chi connectivity index (χ4v) is 3.66. The van der Waals surface area contributed by atoms with Crippen molar-refractivity contribution in [2.45, 2.75) is 31.8 Å². The maximum absolute atomic E-state index is 13.4. The van der Waals surface area contributed by atoms with Gasteiger partial charge in [0, 0.05) is 32.3 Å². The second kappa shape index (κ2) is 7.55. The first-order chi connectivity index (χ1) is 12.7. The number of likely N-dealkylation sites (tertiary alicyclic amines) is 1. The van der Waals surface area contributed by atoms with Crippen LogP contribution in [0.25, 0.3) is 11.0 Å². The van der Waals surface area contributed by atoms with Gasteiger partial charge in [0.05, 0.1) is 29.7 Å². The molecule has 1 aliphatic rings. The quantitative estimate of drug-likeness (QED) is 0.737. The molecule has 0 radical (unpaired) electrons. The van der Waals surface area contributed by atoms with E-state index in [1.807, 2.05) is 12.5 Å². The number of hydrogen-bond acceptors (Lipinski definition) is 4. The average Bonchev–Trinajstić information content (AvgIpc) is 3.27. The Balaban J connectivity index is 1.37. The highest BCUT2D eigenvalue weighted by molar-refractivity contribution is 5.75. The summed E-state index contributed by atoms with van der Waals surface area (Å²) in [6, 6.07) is 4.71. The van der Waals surface area contributed by atoms with Crippen LogP contribution in [0.2, 0.25) is 0 Å². The first kappa shape index (κ1) is 17.2. The van der Waals surface area contributed by atoms with Gasteiger partial charge in [0.2, 0.25) is 0 Å². The molecule has 0 aliphatic carbocycles. The van der Waals surface area contributed by atoms with Crippen LogP contribution < -0.4 is 0 Å². The Bertz CT molecular complexity index is 866. The third-order valence-corrected chi connectivity index (χ3v) is 5.16. The zero-order valence-electron chi connectivity index (χ0n) is 15.0. The predicted molar refractivity (Wildman–Crippen MR) is 97.4 cm³/mol. The number of benzene rings is 1. The molecule has 4 rings (SSSR count). The second-order valence-electron chi connectivity index (χ2n) is 6.91. The SMILES string of the molecule is COCCn1cncc1CN1CCC(c2nc3ccc(F)cc3[nH]2)CC1. The Morgan fingerprint density at radius 1 is 1.31 bits per heavy atom. The van der Waals surface area contributed by atoms with Gasteiger partial charge >= 0.3 is 0 Å². The minimum atomic E-state index is -0.229. The second-order valence-corrected chi connectivity index (χ2v) is 6.91. The lowest BCUT2D eigenvalue weighted by atomic mass is 9.96. The number of piperidine rings is 1. The molecule has 1 N–H and O–H groups in total. The number of halogens is 1. The lowest BCUT2D eigenvalue weighted by Crippen LogP contribution is -2.33. The summed E-state index contributed by atoms with van der Waals surface area (Å²) < 4.78 is 20.7. The van der Waals surface area contributed by atoms with Crippen molar-refractivity contribution in [3.8, 4) is 0 Å². The Morgan fingerprint density at radius 2 is 2.15 bits per heavy atom. The van der Waals surface area contributed by atoms with Gasteiger partial charge in [0.25, 0.3) is 0 Å². The molecule has 3 aromatic rings. The molecule has 0 saturated carbocycles. The fraction of sp³-hybridized carbons (Fsp3) is 0.474. The Hall–Kier alpha value is -2.25. The molecule has 6 nitrogen and oxygen atoms in total. The normalized spacial score (nSPS) is 16.5. The molecule has 0 unspecified atom stereocenters. The number of aromatic nitrogens is 4. The van der Waals surface area contributed by atoms with E-state index < -0.39 is 0 Å². The van der Waals surface area contributed by atoms with Gasteiger partial charge in [0.1, 0.15) is 11.6 Å². The lowest BCUT2D eigenvalue weighted by Gasteiger charge is -2.31. The molecule has 138 valence electrons. The van der Waals surface area contributed by atoms with E-state index in [-0.39, 0.29) is 5.82 Å². The number of aromatic amines is 1. The Morgan fingerprint density at radius 3 is 2.96 bits per heavy atom. The molecular formula is C19H24FN5O. The van der Waals surface area contributed by atoms with E-state index in [1.165, 1.54) is 17.8 Å². The van der Waals surface area contributed by atoms with E-state index in [9.17, 15) is 4.39 Å². The third kappa shape index (κ3) is 3.64. The fourth-order valence-electron chi connectivity index (χ4n) is 3.66. The highest BCUT2D eigenvalue weighted by atomic mass is 19.1.